The van der Waals surface area contributed by atoms with Crippen molar-refractivity contribution in [1.82, 2.24) is 10.2 Å². The van der Waals surface area contributed by atoms with Crippen molar-refractivity contribution in [2.45, 2.75) is 19.2 Å². The van der Waals surface area contributed by atoms with E-state index in [9.17, 15) is 13.2 Å². The molecule has 3 nitrogen and oxygen atoms in total. The van der Waals surface area contributed by atoms with Gasteiger partial charge >= 0.3 is 6.36 Å². The van der Waals surface area contributed by atoms with Gasteiger partial charge in [0.25, 0.3) is 0 Å². The maximum atomic E-state index is 12.2. The van der Waals surface area contributed by atoms with Crippen molar-refractivity contribution in [2.75, 3.05) is 0 Å². The molecular weight excluding hydrogens is 317 g/mol. The minimum atomic E-state index is -4.67. The molecule has 0 bridgehead atoms. The van der Waals surface area contributed by atoms with Crippen LogP contribution in [-0.4, -0.2) is 16.6 Å². The monoisotopic (exact) mass is 330 g/mol. The van der Waals surface area contributed by atoms with Gasteiger partial charge in [0.1, 0.15) is 5.75 Å². The largest absolute Gasteiger partial charge is 0.573 e. The fraction of sp³-hybridized carbons (Fsp3) is 0.167. The fourth-order valence-corrected chi connectivity index (χ4v) is 3.09. The van der Waals surface area contributed by atoms with E-state index in [-0.39, 0.29) is 5.75 Å². The van der Waals surface area contributed by atoms with Gasteiger partial charge in [0.2, 0.25) is 0 Å². The van der Waals surface area contributed by atoms with Gasteiger partial charge in [-0.05, 0) is 47.2 Å². The van der Waals surface area contributed by atoms with Crippen LogP contribution >= 0.6 is 0 Å². The SMILES string of the molecule is FC(F)(F)Oc1ccc(-c2ccc3c(c2)CCc2[nH]ncc2-3)cc1. The number of hydrogen-bond acceptors (Lipinski definition) is 2. The lowest BCUT2D eigenvalue weighted by molar-refractivity contribution is -0.274. The van der Waals surface area contributed by atoms with Crippen LogP contribution in [0.2, 0.25) is 0 Å². The number of nitrogens with zero attached hydrogens (tertiary/aromatic N) is 1. The van der Waals surface area contributed by atoms with E-state index in [0.29, 0.717) is 0 Å². The number of benzene rings is 2. The first-order chi connectivity index (χ1) is 11.5. The number of aromatic nitrogens is 2. The molecule has 1 aliphatic rings. The van der Waals surface area contributed by atoms with Crippen LogP contribution in [0, 0.1) is 0 Å². The zero-order chi connectivity index (χ0) is 16.7. The lowest BCUT2D eigenvalue weighted by Gasteiger charge is -2.17. The standard InChI is InChI=1S/C18H13F3N2O/c19-18(20,21)24-14-5-1-11(2-6-14)12-3-7-15-13(9-12)4-8-17-16(15)10-22-23-17/h1-3,5-7,9-10H,4,8H2,(H,22,23). The van der Waals surface area contributed by atoms with Crippen molar-refractivity contribution >= 4 is 0 Å². The van der Waals surface area contributed by atoms with Crippen LogP contribution in [0.4, 0.5) is 13.2 Å². The van der Waals surface area contributed by atoms with E-state index in [1.807, 2.05) is 18.3 Å². The molecule has 0 spiro atoms. The molecule has 0 fully saturated rings. The summed E-state index contributed by atoms with van der Waals surface area (Å²) < 4.78 is 40.6. The Hall–Kier alpha value is -2.76. The normalized spacial score (nSPS) is 13.3. The third-order valence-corrected chi connectivity index (χ3v) is 4.18. The van der Waals surface area contributed by atoms with Gasteiger partial charge < -0.3 is 4.74 Å². The van der Waals surface area contributed by atoms with Crippen LogP contribution in [0.5, 0.6) is 5.75 Å². The van der Waals surface area contributed by atoms with E-state index in [1.54, 1.807) is 12.1 Å². The Morgan fingerprint density at radius 2 is 1.67 bits per heavy atom. The van der Waals surface area contributed by atoms with Crippen LogP contribution < -0.4 is 4.74 Å². The van der Waals surface area contributed by atoms with Crippen LogP contribution in [0.3, 0.4) is 0 Å². The number of halogens is 3. The number of H-pyrrole nitrogens is 1. The van der Waals surface area contributed by atoms with Gasteiger partial charge in [0.05, 0.1) is 6.20 Å². The second-order valence-electron chi connectivity index (χ2n) is 5.71. The van der Waals surface area contributed by atoms with Crippen LogP contribution in [0.25, 0.3) is 22.3 Å². The highest BCUT2D eigenvalue weighted by atomic mass is 19.4. The van der Waals surface area contributed by atoms with E-state index in [0.717, 1.165) is 40.8 Å². The number of alkyl halides is 3. The lowest BCUT2D eigenvalue weighted by atomic mass is 9.88. The van der Waals surface area contributed by atoms with Gasteiger partial charge in [0.15, 0.2) is 0 Å². The lowest BCUT2D eigenvalue weighted by Crippen LogP contribution is -2.16. The van der Waals surface area contributed by atoms with Crippen molar-refractivity contribution in [3.05, 3.63) is 59.9 Å². The molecular formula is C18H13F3N2O. The summed E-state index contributed by atoms with van der Waals surface area (Å²) in [6, 6.07) is 12.0. The van der Waals surface area contributed by atoms with Crippen LogP contribution in [0.1, 0.15) is 11.3 Å². The second kappa shape index (κ2) is 5.40. The van der Waals surface area contributed by atoms with E-state index in [4.69, 9.17) is 0 Å². The minimum absolute atomic E-state index is 0.216. The Kier molecular flexibility index (Phi) is 3.33. The second-order valence-corrected chi connectivity index (χ2v) is 5.71. The van der Waals surface area contributed by atoms with Crippen LogP contribution in [0.15, 0.2) is 48.7 Å². The van der Waals surface area contributed by atoms with Crippen molar-refractivity contribution in [1.29, 1.82) is 0 Å². The molecule has 2 aromatic carbocycles. The molecule has 0 saturated heterocycles. The molecule has 1 heterocycles. The molecule has 0 amide bonds. The maximum absolute atomic E-state index is 12.2. The number of hydrogen-bond donors (Lipinski definition) is 1. The molecule has 6 heteroatoms. The van der Waals surface area contributed by atoms with Crippen molar-refractivity contribution < 1.29 is 17.9 Å². The van der Waals surface area contributed by atoms with Gasteiger partial charge in [-0.2, -0.15) is 5.10 Å². The highest BCUT2D eigenvalue weighted by molar-refractivity contribution is 5.76. The predicted octanol–water partition coefficient (Wildman–Crippen LogP) is 4.74. The summed E-state index contributed by atoms with van der Waals surface area (Å²) in [7, 11) is 0. The predicted molar refractivity (Wildman–Crippen MR) is 83.6 cm³/mol. The molecule has 122 valence electrons. The maximum Gasteiger partial charge on any atom is 0.573 e. The topological polar surface area (TPSA) is 37.9 Å². The molecule has 4 rings (SSSR count). The van der Waals surface area contributed by atoms with Gasteiger partial charge in [-0.1, -0.05) is 30.3 Å². The average molecular weight is 330 g/mol. The number of rotatable bonds is 2. The highest BCUT2D eigenvalue weighted by Crippen LogP contribution is 2.35. The van der Waals surface area contributed by atoms with Crippen molar-refractivity contribution in [3.8, 4) is 28.0 Å². The summed E-state index contributed by atoms with van der Waals surface area (Å²) in [5.41, 5.74) is 6.47. The van der Waals surface area contributed by atoms with Gasteiger partial charge in [-0.3, -0.25) is 5.10 Å². The first-order valence-electron chi connectivity index (χ1n) is 7.51. The Morgan fingerprint density at radius 3 is 2.42 bits per heavy atom. The van der Waals surface area contributed by atoms with E-state index >= 15 is 0 Å². The van der Waals surface area contributed by atoms with Crippen molar-refractivity contribution in [3.63, 3.8) is 0 Å². The summed E-state index contributed by atoms with van der Waals surface area (Å²) in [5, 5.41) is 7.11. The third-order valence-electron chi connectivity index (χ3n) is 4.18. The molecule has 24 heavy (non-hydrogen) atoms. The third kappa shape index (κ3) is 2.75. The Morgan fingerprint density at radius 1 is 0.917 bits per heavy atom. The van der Waals surface area contributed by atoms with E-state index < -0.39 is 6.36 Å². The summed E-state index contributed by atoms with van der Waals surface area (Å²) in [6.45, 7) is 0. The average Bonchev–Trinajstić information content (AvgIpc) is 3.02. The smallest absolute Gasteiger partial charge is 0.406 e. The first kappa shape index (κ1) is 14.8. The molecule has 1 N–H and O–H groups in total. The van der Waals surface area contributed by atoms with Gasteiger partial charge in [0, 0.05) is 11.3 Å². The number of aromatic amines is 1. The molecule has 3 aromatic rings. The fourth-order valence-electron chi connectivity index (χ4n) is 3.09. The van der Waals surface area contributed by atoms with E-state index in [2.05, 4.69) is 21.0 Å². The zero-order valence-electron chi connectivity index (χ0n) is 12.5. The number of aryl methyl sites for hydroxylation is 2. The summed E-state index contributed by atoms with van der Waals surface area (Å²) in [6.07, 6.45) is -1.02. The molecule has 0 unspecified atom stereocenters. The molecule has 1 aliphatic carbocycles. The van der Waals surface area contributed by atoms with Gasteiger partial charge in [-0.15, -0.1) is 13.2 Å². The first-order valence-corrected chi connectivity index (χ1v) is 7.51. The quantitative estimate of drug-likeness (QED) is 0.737. The Balaban J connectivity index is 1.64. The molecule has 0 radical (unpaired) electrons. The van der Waals surface area contributed by atoms with Crippen molar-refractivity contribution in [2.24, 2.45) is 0 Å². The summed E-state index contributed by atoms with van der Waals surface area (Å²) >= 11 is 0. The zero-order valence-corrected chi connectivity index (χ0v) is 12.5. The molecule has 1 aromatic heterocycles. The Labute approximate surface area is 136 Å². The highest BCUT2D eigenvalue weighted by Gasteiger charge is 2.31. The minimum Gasteiger partial charge on any atom is -0.406 e. The van der Waals surface area contributed by atoms with Gasteiger partial charge in [-0.25, -0.2) is 0 Å². The summed E-state index contributed by atoms with van der Waals surface area (Å²) in [4.78, 5) is 0. The van der Waals surface area contributed by atoms with E-state index in [1.165, 1.54) is 17.7 Å². The number of fused-ring (bicyclic) bond motifs is 3. The molecule has 0 saturated carbocycles. The molecule has 0 aliphatic heterocycles. The number of ether oxygens (including phenoxy) is 1. The Bertz CT molecular complexity index is 882. The summed E-state index contributed by atoms with van der Waals surface area (Å²) in [5.74, 6) is -0.216. The van der Waals surface area contributed by atoms with Crippen LogP contribution in [-0.2, 0) is 12.8 Å². The molecule has 0 atom stereocenters. The number of nitrogens with one attached hydrogen (secondary N) is 1.